The summed E-state index contributed by atoms with van der Waals surface area (Å²) in [6, 6.07) is 0.567. The predicted octanol–water partition coefficient (Wildman–Crippen LogP) is 2.96. The van der Waals surface area contributed by atoms with E-state index in [4.69, 9.17) is 26.1 Å². The summed E-state index contributed by atoms with van der Waals surface area (Å²) >= 11 is 8.53. The molecule has 230 valence electrons. The van der Waals surface area contributed by atoms with Crippen LogP contribution in [0.25, 0.3) is 0 Å². The molecule has 3 fully saturated rings. The van der Waals surface area contributed by atoms with Crippen LogP contribution in [0.1, 0.15) is 56.1 Å². The maximum atomic E-state index is 13.6. The van der Waals surface area contributed by atoms with Gasteiger partial charge in [-0.05, 0) is 77.7 Å². The first-order valence-electron chi connectivity index (χ1n) is 15.3. The predicted molar refractivity (Wildman–Crippen MR) is 162 cm³/mol. The molecule has 2 saturated heterocycles. The number of alkyl halides is 1. The molecule has 0 aromatic carbocycles. The molecular weight excluding hydrogens is 564 g/mol. The molecule has 2 aliphatic heterocycles. The summed E-state index contributed by atoms with van der Waals surface area (Å²) in [5.41, 5.74) is 1.86. The number of methoxy groups -OCH3 is 1. The zero-order valence-electron chi connectivity index (χ0n) is 24.9. The van der Waals surface area contributed by atoms with Gasteiger partial charge in [-0.15, -0.1) is 11.6 Å². The Kier molecular flexibility index (Phi) is 10.4. The third-order valence-corrected chi connectivity index (χ3v) is 12.0. The number of halogens is 1. The first-order chi connectivity index (χ1) is 19.7. The lowest BCUT2D eigenvalue weighted by atomic mass is 9.70. The van der Waals surface area contributed by atoms with Crippen LogP contribution in [-0.2, 0) is 33.7 Å². The lowest BCUT2D eigenvalue weighted by molar-refractivity contribution is -0.142. The fourth-order valence-corrected chi connectivity index (χ4v) is 9.92. The summed E-state index contributed by atoms with van der Waals surface area (Å²) in [5, 5.41) is 13.8. The molecule has 9 unspecified atom stereocenters. The minimum Gasteiger partial charge on any atom is -0.481 e. The van der Waals surface area contributed by atoms with Gasteiger partial charge >= 0.3 is 5.97 Å². The molecule has 11 heteroatoms. The third kappa shape index (κ3) is 6.83. The Morgan fingerprint density at radius 1 is 1.24 bits per heavy atom. The van der Waals surface area contributed by atoms with E-state index in [2.05, 4.69) is 24.2 Å². The number of carboxylic acids is 1. The number of fused-ring (bicyclic) bond motifs is 2. The van der Waals surface area contributed by atoms with Crippen molar-refractivity contribution in [3.05, 3.63) is 27.4 Å². The van der Waals surface area contributed by atoms with E-state index < -0.39 is 5.97 Å². The number of nitrogens with zero attached hydrogens (tertiary/aromatic N) is 3. The van der Waals surface area contributed by atoms with Crippen molar-refractivity contribution in [2.45, 2.75) is 100 Å². The molecule has 1 aromatic rings. The molecule has 0 spiro atoms. The summed E-state index contributed by atoms with van der Waals surface area (Å²) in [5.74, 6) is 0.993. The molecule has 0 radical (unpaired) electrons. The summed E-state index contributed by atoms with van der Waals surface area (Å²) in [6.07, 6.45) is 6.31. The van der Waals surface area contributed by atoms with E-state index in [0.717, 1.165) is 68.6 Å². The van der Waals surface area contributed by atoms with Crippen molar-refractivity contribution in [2.24, 2.45) is 17.8 Å². The Balaban J connectivity index is 1.26. The Morgan fingerprint density at radius 2 is 2.05 bits per heavy atom. The quantitative estimate of drug-likeness (QED) is 0.387. The van der Waals surface area contributed by atoms with Gasteiger partial charge in [0.25, 0.3) is 5.56 Å². The van der Waals surface area contributed by atoms with Crippen LogP contribution in [0.4, 0.5) is 0 Å². The number of aliphatic carboxylic acids is 1. The van der Waals surface area contributed by atoms with Crippen LogP contribution < -0.4 is 10.9 Å². The van der Waals surface area contributed by atoms with E-state index in [0.29, 0.717) is 37.5 Å². The molecular formula is C30H47ClN4O5S. The number of aryl methyl sites for hydroxylation is 2. The molecule has 41 heavy (non-hydrogen) atoms. The van der Waals surface area contributed by atoms with Crippen molar-refractivity contribution < 1.29 is 19.4 Å². The minimum absolute atomic E-state index is 0.0113. The number of piperidine rings is 1. The van der Waals surface area contributed by atoms with Gasteiger partial charge in [0, 0.05) is 53.7 Å². The Labute approximate surface area is 253 Å². The minimum atomic E-state index is -0.704. The van der Waals surface area contributed by atoms with Crippen molar-refractivity contribution in [1.29, 1.82) is 0 Å². The standard InChI is InChI=1S/C30H47ClN4O5S/c1-17-13-22(28-27(32-17)24(16-41-28)30(37)38)21-14-19(31)5-8-26(21)40-12-10-35-18(2)33-25-7-6-20(15-23(25)29(35)36)34(3)9-11-39-4/h17,19-22,24,26-28,32H,5-16H2,1-4H3,(H,37,38). The molecule has 1 aromatic heterocycles. The van der Waals surface area contributed by atoms with E-state index >= 15 is 0 Å². The largest absolute Gasteiger partial charge is 0.481 e. The molecule has 9 nitrogen and oxygen atoms in total. The summed E-state index contributed by atoms with van der Waals surface area (Å²) in [4.78, 5) is 32.7. The van der Waals surface area contributed by atoms with Gasteiger partial charge in [-0.3, -0.25) is 14.2 Å². The molecule has 9 atom stereocenters. The normalized spacial score (nSPS) is 35.3. The summed E-state index contributed by atoms with van der Waals surface area (Å²) < 4.78 is 13.6. The number of nitrogens with one attached hydrogen (secondary N) is 1. The van der Waals surface area contributed by atoms with Gasteiger partial charge in [0.2, 0.25) is 0 Å². The SMILES string of the molecule is COCCN(C)C1CCc2nc(C)n(CCOC3CCC(Cl)CC3C3CC(C)NC4C(C(=O)O)CSC34)c(=O)c2C1. The summed E-state index contributed by atoms with van der Waals surface area (Å²) in [6.45, 7) is 6.54. The van der Waals surface area contributed by atoms with Crippen LogP contribution in [0, 0.1) is 24.7 Å². The van der Waals surface area contributed by atoms with Crippen molar-refractivity contribution in [1.82, 2.24) is 19.8 Å². The zero-order valence-corrected chi connectivity index (χ0v) is 26.5. The molecule has 0 amide bonds. The second-order valence-electron chi connectivity index (χ2n) is 12.6. The number of hydrogen-bond donors (Lipinski definition) is 2. The highest BCUT2D eigenvalue weighted by Gasteiger charge is 2.51. The number of likely N-dealkylation sites (N-methyl/N-ethyl adjacent to an activating group) is 1. The lowest BCUT2D eigenvalue weighted by Crippen LogP contribution is -2.57. The average Bonchev–Trinajstić information content (AvgIpc) is 3.37. The van der Waals surface area contributed by atoms with Crippen molar-refractivity contribution in [3.63, 3.8) is 0 Å². The van der Waals surface area contributed by atoms with Crippen LogP contribution in [0.2, 0.25) is 0 Å². The molecule has 3 heterocycles. The summed E-state index contributed by atoms with van der Waals surface area (Å²) in [7, 11) is 3.82. The fourth-order valence-electron chi connectivity index (χ4n) is 7.78. The fraction of sp³-hybridized carbons (Fsp3) is 0.833. The van der Waals surface area contributed by atoms with Gasteiger partial charge < -0.3 is 24.8 Å². The number of ether oxygens (including phenoxy) is 2. The van der Waals surface area contributed by atoms with Gasteiger partial charge in [-0.1, -0.05) is 0 Å². The van der Waals surface area contributed by atoms with Crippen LogP contribution in [0.5, 0.6) is 0 Å². The number of rotatable bonds is 10. The second-order valence-corrected chi connectivity index (χ2v) is 14.5. The van der Waals surface area contributed by atoms with Gasteiger partial charge in [0.05, 0.1) is 37.5 Å². The average molecular weight is 611 g/mol. The van der Waals surface area contributed by atoms with E-state index in [1.807, 2.05) is 18.7 Å². The van der Waals surface area contributed by atoms with Crippen molar-refractivity contribution >= 4 is 29.3 Å². The highest BCUT2D eigenvalue weighted by Crippen LogP contribution is 2.48. The van der Waals surface area contributed by atoms with E-state index in [9.17, 15) is 14.7 Å². The lowest BCUT2D eigenvalue weighted by Gasteiger charge is -2.47. The van der Waals surface area contributed by atoms with Gasteiger partial charge in [0.1, 0.15) is 5.82 Å². The highest BCUT2D eigenvalue weighted by atomic mass is 35.5. The number of aromatic nitrogens is 2. The number of carbonyl (C=O) groups is 1. The molecule has 4 aliphatic rings. The monoisotopic (exact) mass is 610 g/mol. The topological polar surface area (TPSA) is 106 Å². The van der Waals surface area contributed by atoms with Gasteiger partial charge in [0.15, 0.2) is 0 Å². The third-order valence-electron chi connectivity index (χ3n) is 10.0. The molecule has 5 rings (SSSR count). The van der Waals surface area contributed by atoms with Crippen LogP contribution in [-0.4, -0.2) is 100 Å². The smallest absolute Gasteiger partial charge is 0.308 e. The Hall–Kier alpha value is -1.17. The molecule has 2 aliphatic carbocycles. The van der Waals surface area contributed by atoms with Crippen molar-refractivity contribution in [2.75, 3.05) is 39.7 Å². The highest BCUT2D eigenvalue weighted by molar-refractivity contribution is 8.00. The van der Waals surface area contributed by atoms with E-state index in [1.54, 1.807) is 11.7 Å². The van der Waals surface area contributed by atoms with Gasteiger partial charge in [-0.2, -0.15) is 11.8 Å². The Bertz CT molecular complexity index is 1140. The van der Waals surface area contributed by atoms with Crippen molar-refractivity contribution in [3.8, 4) is 0 Å². The van der Waals surface area contributed by atoms with E-state index in [1.165, 1.54) is 0 Å². The second kappa shape index (κ2) is 13.6. The number of thioether (sulfide) groups is 1. The number of carboxylic acid groups (broad SMARTS) is 1. The van der Waals surface area contributed by atoms with Crippen LogP contribution in [0.15, 0.2) is 4.79 Å². The van der Waals surface area contributed by atoms with Crippen LogP contribution >= 0.6 is 23.4 Å². The molecule has 2 N–H and O–H groups in total. The molecule has 1 saturated carbocycles. The van der Waals surface area contributed by atoms with Crippen LogP contribution in [0.3, 0.4) is 0 Å². The maximum Gasteiger partial charge on any atom is 0.308 e. The zero-order chi connectivity index (χ0) is 29.3. The molecule has 0 bridgehead atoms. The van der Waals surface area contributed by atoms with E-state index in [-0.39, 0.29) is 46.2 Å². The van der Waals surface area contributed by atoms with Gasteiger partial charge in [-0.25, -0.2) is 4.98 Å². The first kappa shape index (κ1) is 31.3. The Morgan fingerprint density at radius 3 is 2.80 bits per heavy atom. The first-order valence-corrected chi connectivity index (χ1v) is 16.8. The number of hydrogen-bond acceptors (Lipinski definition) is 8. The maximum absolute atomic E-state index is 13.6.